The maximum atomic E-state index is 12.7. The summed E-state index contributed by atoms with van der Waals surface area (Å²) in [5, 5.41) is -1.20. The Balaban J connectivity index is 1.63. The number of alkyl halides is 1. The van der Waals surface area contributed by atoms with E-state index < -0.39 is 27.0 Å². The number of hydrogen-bond acceptors (Lipinski definition) is 5. The fraction of sp³-hybridized carbons (Fsp3) is 0.0455. The average molecular weight is 439 g/mol. The molecule has 30 heavy (non-hydrogen) atoms. The molecule has 0 heterocycles. The van der Waals surface area contributed by atoms with Gasteiger partial charge in [-0.1, -0.05) is 42.5 Å². The third-order valence-corrected chi connectivity index (χ3v) is 6.36. The topological polar surface area (TPSA) is 92.7 Å². The van der Waals surface area contributed by atoms with Gasteiger partial charge in [0.05, 0.1) is 10.6 Å². The normalized spacial score (nSPS) is 17.6. The van der Waals surface area contributed by atoms with Crippen LogP contribution in [-0.2, 0) is 10.0 Å². The van der Waals surface area contributed by atoms with Crippen molar-refractivity contribution in [3.8, 4) is 0 Å². The highest BCUT2D eigenvalue weighted by atomic mass is 35.5. The molecule has 0 radical (unpaired) electrons. The number of para-hydroxylation sites is 1. The summed E-state index contributed by atoms with van der Waals surface area (Å²) in [4.78, 5) is 29.5. The largest absolute Gasteiger partial charge is 0.292 e. The van der Waals surface area contributed by atoms with Crippen LogP contribution in [0.4, 0.5) is 11.4 Å². The first kappa shape index (κ1) is 20.0. The third-order valence-electron chi connectivity index (χ3n) is 4.56. The molecule has 0 fully saturated rings. The van der Waals surface area contributed by atoms with Crippen LogP contribution >= 0.6 is 11.6 Å². The Morgan fingerprint density at radius 2 is 1.40 bits per heavy atom. The summed E-state index contributed by atoms with van der Waals surface area (Å²) >= 11 is 6.19. The Morgan fingerprint density at radius 3 is 2.07 bits per heavy atom. The van der Waals surface area contributed by atoms with Gasteiger partial charge in [0.2, 0.25) is 5.78 Å². The van der Waals surface area contributed by atoms with E-state index in [9.17, 15) is 18.0 Å². The van der Waals surface area contributed by atoms with Crippen molar-refractivity contribution in [2.45, 2.75) is 10.3 Å². The van der Waals surface area contributed by atoms with Crippen LogP contribution in [0.1, 0.15) is 20.7 Å². The van der Waals surface area contributed by atoms with Crippen molar-refractivity contribution in [3.05, 3.63) is 90.0 Å². The fourth-order valence-electron chi connectivity index (χ4n) is 3.08. The lowest BCUT2D eigenvalue weighted by Gasteiger charge is -2.19. The first-order chi connectivity index (χ1) is 14.4. The molecule has 0 aliphatic heterocycles. The van der Waals surface area contributed by atoms with Gasteiger partial charge in [-0.15, -0.1) is 11.6 Å². The standard InChI is InChI=1S/C22H15ClN2O4S/c23-19-20(22(27)18-9-5-4-8-17(18)21(19)26)24-14-10-12-16(13-11-14)30(28,29)25-15-6-2-1-3-7-15/h1-13,19,25H. The van der Waals surface area contributed by atoms with Crippen LogP contribution in [0.5, 0.6) is 0 Å². The molecule has 1 unspecified atom stereocenters. The molecule has 150 valence electrons. The van der Waals surface area contributed by atoms with Crippen molar-refractivity contribution in [2.75, 3.05) is 4.72 Å². The predicted molar refractivity (Wildman–Crippen MR) is 116 cm³/mol. The number of rotatable bonds is 4. The highest BCUT2D eigenvalue weighted by Gasteiger charge is 2.37. The molecule has 1 N–H and O–H groups in total. The van der Waals surface area contributed by atoms with Gasteiger partial charge in [0.15, 0.2) is 5.78 Å². The Hall–Kier alpha value is -3.29. The van der Waals surface area contributed by atoms with Crippen molar-refractivity contribution in [3.63, 3.8) is 0 Å². The van der Waals surface area contributed by atoms with Crippen LogP contribution in [0.2, 0.25) is 0 Å². The molecule has 0 amide bonds. The van der Waals surface area contributed by atoms with Gasteiger partial charge in [0.1, 0.15) is 11.1 Å². The number of aliphatic imine (C=N–C) groups is 1. The number of benzene rings is 3. The van der Waals surface area contributed by atoms with Crippen molar-refractivity contribution in [2.24, 2.45) is 4.99 Å². The summed E-state index contributed by atoms with van der Waals surface area (Å²) in [5.74, 6) is -0.815. The summed E-state index contributed by atoms with van der Waals surface area (Å²) in [7, 11) is -3.78. The molecule has 1 aliphatic rings. The molecule has 0 spiro atoms. The van der Waals surface area contributed by atoms with Crippen molar-refractivity contribution < 1.29 is 18.0 Å². The second-order valence-electron chi connectivity index (χ2n) is 6.56. The number of fused-ring (bicyclic) bond motifs is 1. The molecule has 0 saturated heterocycles. The molecule has 1 aliphatic carbocycles. The average Bonchev–Trinajstić information content (AvgIpc) is 2.76. The number of anilines is 1. The van der Waals surface area contributed by atoms with Crippen molar-refractivity contribution in [1.82, 2.24) is 0 Å². The van der Waals surface area contributed by atoms with Crippen LogP contribution < -0.4 is 4.72 Å². The van der Waals surface area contributed by atoms with E-state index >= 15 is 0 Å². The molecule has 3 aromatic carbocycles. The maximum Gasteiger partial charge on any atom is 0.261 e. The van der Waals surface area contributed by atoms with Crippen molar-refractivity contribution in [1.29, 1.82) is 0 Å². The molecule has 0 aromatic heterocycles. The zero-order valence-corrected chi connectivity index (χ0v) is 17.0. The minimum atomic E-state index is -3.78. The second kappa shape index (κ2) is 7.85. The second-order valence-corrected chi connectivity index (χ2v) is 8.68. The summed E-state index contributed by atoms with van der Waals surface area (Å²) in [5.41, 5.74) is 1.20. The summed E-state index contributed by atoms with van der Waals surface area (Å²) in [6.07, 6.45) is 0. The minimum Gasteiger partial charge on any atom is -0.292 e. The zero-order chi connectivity index (χ0) is 21.3. The lowest BCUT2D eigenvalue weighted by Crippen LogP contribution is -2.37. The number of ketones is 2. The monoisotopic (exact) mass is 438 g/mol. The number of hydrogen-bond donors (Lipinski definition) is 1. The molecular formula is C22H15ClN2O4S. The van der Waals surface area contributed by atoms with E-state index in [1.165, 1.54) is 24.3 Å². The van der Waals surface area contributed by atoms with E-state index in [-0.39, 0.29) is 21.7 Å². The van der Waals surface area contributed by atoms with E-state index in [1.54, 1.807) is 54.6 Å². The Morgan fingerprint density at radius 1 is 0.800 bits per heavy atom. The van der Waals surface area contributed by atoms with Crippen LogP contribution in [-0.4, -0.2) is 31.1 Å². The quantitative estimate of drug-likeness (QED) is 0.616. The van der Waals surface area contributed by atoms with Crippen LogP contribution in [0, 0.1) is 0 Å². The van der Waals surface area contributed by atoms with Gasteiger partial charge in [0, 0.05) is 16.8 Å². The smallest absolute Gasteiger partial charge is 0.261 e. The SMILES string of the molecule is O=C1C(=Nc2ccc(S(=O)(=O)Nc3ccccc3)cc2)C(Cl)C(=O)c2ccccc21. The van der Waals surface area contributed by atoms with E-state index in [0.29, 0.717) is 11.4 Å². The Labute approximate surface area is 178 Å². The van der Waals surface area contributed by atoms with Crippen LogP contribution in [0.25, 0.3) is 0 Å². The van der Waals surface area contributed by atoms with Gasteiger partial charge in [-0.25, -0.2) is 13.4 Å². The maximum absolute atomic E-state index is 12.7. The predicted octanol–water partition coefficient (Wildman–Crippen LogP) is 4.25. The van der Waals surface area contributed by atoms with Gasteiger partial charge in [-0.05, 0) is 36.4 Å². The molecule has 8 heteroatoms. The number of nitrogens with zero attached hydrogens (tertiary/aromatic N) is 1. The summed E-state index contributed by atoms with van der Waals surface area (Å²) < 4.78 is 27.5. The number of carbonyl (C=O) groups is 2. The third kappa shape index (κ3) is 3.77. The van der Waals surface area contributed by atoms with Gasteiger partial charge in [0.25, 0.3) is 10.0 Å². The van der Waals surface area contributed by atoms with E-state index in [4.69, 9.17) is 11.6 Å². The first-order valence-corrected chi connectivity index (χ1v) is 10.9. The molecule has 0 saturated carbocycles. The van der Waals surface area contributed by atoms with E-state index in [2.05, 4.69) is 9.71 Å². The van der Waals surface area contributed by atoms with Gasteiger partial charge >= 0.3 is 0 Å². The van der Waals surface area contributed by atoms with E-state index in [0.717, 1.165) is 0 Å². The fourth-order valence-corrected chi connectivity index (χ4v) is 4.40. The molecule has 6 nitrogen and oxygen atoms in total. The molecule has 1 atom stereocenters. The summed E-state index contributed by atoms with van der Waals surface area (Å²) in [6, 6.07) is 20.6. The highest BCUT2D eigenvalue weighted by Crippen LogP contribution is 2.26. The molecular weight excluding hydrogens is 424 g/mol. The van der Waals surface area contributed by atoms with E-state index in [1.807, 2.05) is 0 Å². The number of nitrogens with one attached hydrogen (secondary N) is 1. The summed E-state index contributed by atoms with van der Waals surface area (Å²) in [6.45, 7) is 0. The highest BCUT2D eigenvalue weighted by molar-refractivity contribution is 7.92. The number of halogens is 1. The minimum absolute atomic E-state index is 0.0362. The zero-order valence-electron chi connectivity index (χ0n) is 15.4. The number of sulfonamides is 1. The number of carbonyl (C=O) groups excluding carboxylic acids is 2. The van der Waals surface area contributed by atoms with Gasteiger partial charge < -0.3 is 0 Å². The number of Topliss-reactive ketones (excluding diaryl/α,β-unsaturated/α-hetero) is 2. The van der Waals surface area contributed by atoms with Crippen molar-refractivity contribution >= 4 is 50.3 Å². The van der Waals surface area contributed by atoms with Gasteiger partial charge in [-0.2, -0.15) is 0 Å². The Kier molecular flexibility index (Phi) is 5.24. The Bertz CT molecular complexity index is 1270. The van der Waals surface area contributed by atoms with Gasteiger partial charge in [-0.3, -0.25) is 14.3 Å². The molecule has 3 aromatic rings. The molecule has 4 rings (SSSR count). The molecule has 0 bridgehead atoms. The lowest BCUT2D eigenvalue weighted by molar-refractivity contribution is 0.0968. The lowest BCUT2D eigenvalue weighted by atomic mass is 9.88. The van der Waals surface area contributed by atoms with Crippen LogP contribution in [0.3, 0.4) is 0 Å². The first-order valence-electron chi connectivity index (χ1n) is 8.95. The van der Waals surface area contributed by atoms with Crippen LogP contribution in [0.15, 0.2) is 88.8 Å².